The number of rotatable bonds is 6. The molecule has 0 unspecified atom stereocenters. The molecule has 2 rings (SSSR count). The summed E-state index contributed by atoms with van der Waals surface area (Å²) in [4.78, 5) is 13.9. The fourth-order valence-electron chi connectivity index (χ4n) is 1.87. The minimum atomic E-state index is -0.301. The standard InChI is InChI=1S/C14H21N5O2S/c1-9(2)12-17-18-14(22-12)16-13(20)15-8-10(19(3)4)11-6-5-7-21-11/h5-7,9-10H,8H2,1-4H3,(H2,15,16,18,20)/t10-/m1/s1. The summed E-state index contributed by atoms with van der Waals surface area (Å²) < 4.78 is 5.40. The van der Waals surface area contributed by atoms with Crippen molar-refractivity contribution in [1.29, 1.82) is 0 Å². The number of hydrogen-bond acceptors (Lipinski definition) is 6. The number of carbonyl (C=O) groups excluding carboxylic acids is 1. The average molecular weight is 323 g/mol. The van der Waals surface area contributed by atoms with Crippen molar-refractivity contribution in [2.24, 2.45) is 0 Å². The van der Waals surface area contributed by atoms with Crippen LogP contribution in [0.1, 0.15) is 36.6 Å². The zero-order valence-corrected chi connectivity index (χ0v) is 14.0. The van der Waals surface area contributed by atoms with Crippen LogP contribution < -0.4 is 10.6 Å². The zero-order chi connectivity index (χ0) is 16.1. The van der Waals surface area contributed by atoms with Crippen LogP contribution >= 0.6 is 11.3 Å². The molecule has 2 heterocycles. The van der Waals surface area contributed by atoms with Gasteiger partial charge in [0.05, 0.1) is 12.3 Å². The molecule has 0 saturated carbocycles. The number of nitrogens with zero attached hydrogens (tertiary/aromatic N) is 3. The van der Waals surface area contributed by atoms with E-state index in [0.717, 1.165) is 10.8 Å². The molecule has 0 aliphatic heterocycles. The number of likely N-dealkylation sites (N-methyl/N-ethyl adjacent to an activating group) is 1. The van der Waals surface area contributed by atoms with Crippen molar-refractivity contribution in [3.05, 3.63) is 29.2 Å². The summed E-state index contributed by atoms with van der Waals surface area (Å²) in [6.45, 7) is 4.51. The van der Waals surface area contributed by atoms with Gasteiger partial charge in [-0.3, -0.25) is 10.2 Å². The van der Waals surface area contributed by atoms with Gasteiger partial charge < -0.3 is 9.73 Å². The molecular formula is C14H21N5O2S. The largest absolute Gasteiger partial charge is 0.468 e. The Bertz CT molecular complexity index is 594. The van der Waals surface area contributed by atoms with Crippen LogP contribution in [0.3, 0.4) is 0 Å². The highest BCUT2D eigenvalue weighted by atomic mass is 32.1. The molecule has 7 nitrogen and oxygen atoms in total. The molecule has 2 N–H and O–H groups in total. The molecule has 120 valence electrons. The molecule has 0 aliphatic carbocycles. The first-order valence-corrected chi connectivity index (χ1v) is 7.87. The summed E-state index contributed by atoms with van der Waals surface area (Å²) in [5, 5.41) is 14.9. The van der Waals surface area contributed by atoms with Crippen molar-refractivity contribution in [3.8, 4) is 0 Å². The lowest BCUT2D eigenvalue weighted by Gasteiger charge is -2.22. The highest BCUT2D eigenvalue weighted by Gasteiger charge is 2.18. The number of nitrogens with one attached hydrogen (secondary N) is 2. The number of amides is 2. The second-order valence-corrected chi connectivity index (χ2v) is 6.44. The predicted octanol–water partition coefficient (Wildman–Crippen LogP) is 2.68. The Labute approximate surface area is 133 Å². The van der Waals surface area contributed by atoms with E-state index in [4.69, 9.17) is 4.42 Å². The number of hydrogen-bond donors (Lipinski definition) is 2. The van der Waals surface area contributed by atoms with Crippen LogP contribution in [0.2, 0.25) is 0 Å². The maximum atomic E-state index is 12.0. The first kappa shape index (κ1) is 16.4. The normalized spacial score (nSPS) is 12.6. The maximum absolute atomic E-state index is 12.0. The van der Waals surface area contributed by atoms with Crippen molar-refractivity contribution in [2.45, 2.75) is 25.8 Å². The average Bonchev–Trinajstić information content (AvgIpc) is 3.09. The molecule has 0 aliphatic rings. The smallest absolute Gasteiger partial charge is 0.321 e. The third-order valence-corrected chi connectivity index (χ3v) is 4.25. The van der Waals surface area contributed by atoms with Crippen LogP contribution in [-0.2, 0) is 0 Å². The molecule has 0 aromatic carbocycles. The first-order valence-electron chi connectivity index (χ1n) is 7.05. The van der Waals surface area contributed by atoms with E-state index in [1.54, 1.807) is 6.26 Å². The van der Waals surface area contributed by atoms with E-state index in [2.05, 4.69) is 20.8 Å². The van der Waals surface area contributed by atoms with Gasteiger partial charge in [0.2, 0.25) is 5.13 Å². The zero-order valence-electron chi connectivity index (χ0n) is 13.2. The maximum Gasteiger partial charge on any atom is 0.321 e. The lowest BCUT2D eigenvalue weighted by molar-refractivity contribution is 0.233. The topological polar surface area (TPSA) is 83.3 Å². The number of aromatic nitrogens is 2. The SMILES string of the molecule is CC(C)c1nnc(NC(=O)NC[C@H](c2ccco2)N(C)C)s1. The van der Waals surface area contributed by atoms with Gasteiger partial charge in [0, 0.05) is 12.5 Å². The number of carbonyl (C=O) groups is 1. The molecule has 0 fully saturated rings. The molecule has 2 aromatic rings. The van der Waals surface area contributed by atoms with Crippen molar-refractivity contribution in [2.75, 3.05) is 26.0 Å². The van der Waals surface area contributed by atoms with Crippen LogP contribution in [-0.4, -0.2) is 41.8 Å². The molecule has 0 radical (unpaired) electrons. The fourth-order valence-corrected chi connectivity index (χ4v) is 2.61. The summed E-state index contributed by atoms with van der Waals surface area (Å²) >= 11 is 1.38. The van der Waals surface area contributed by atoms with Gasteiger partial charge in [0.15, 0.2) is 0 Å². The van der Waals surface area contributed by atoms with Crippen molar-refractivity contribution in [3.63, 3.8) is 0 Å². The number of anilines is 1. The molecular weight excluding hydrogens is 302 g/mol. The van der Waals surface area contributed by atoms with Gasteiger partial charge in [0.25, 0.3) is 0 Å². The van der Waals surface area contributed by atoms with Gasteiger partial charge >= 0.3 is 6.03 Å². The van der Waals surface area contributed by atoms with Crippen LogP contribution in [0.4, 0.5) is 9.93 Å². The molecule has 1 atom stereocenters. The number of urea groups is 1. The third kappa shape index (κ3) is 4.28. The second-order valence-electron chi connectivity index (χ2n) is 5.43. The minimum absolute atomic E-state index is 0.0265. The van der Waals surface area contributed by atoms with Gasteiger partial charge in [-0.05, 0) is 26.2 Å². The Hall–Kier alpha value is -1.93. The summed E-state index contributed by atoms with van der Waals surface area (Å²) in [5.74, 6) is 1.11. The van der Waals surface area contributed by atoms with E-state index in [0.29, 0.717) is 17.6 Å². The van der Waals surface area contributed by atoms with E-state index in [-0.39, 0.29) is 12.1 Å². The third-order valence-electron chi connectivity index (χ3n) is 3.11. The molecule has 0 spiro atoms. The quantitative estimate of drug-likeness (QED) is 0.854. The number of furan rings is 1. The monoisotopic (exact) mass is 323 g/mol. The van der Waals surface area contributed by atoms with E-state index in [1.165, 1.54) is 11.3 Å². The Morgan fingerprint density at radius 2 is 2.18 bits per heavy atom. The molecule has 22 heavy (non-hydrogen) atoms. The first-order chi connectivity index (χ1) is 10.5. The van der Waals surface area contributed by atoms with Crippen molar-refractivity contribution in [1.82, 2.24) is 20.4 Å². The van der Waals surface area contributed by atoms with Crippen LogP contribution in [0.25, 0.3) is 0 Å². The summed E-state index contributed by atoms with van der Waals surface area (Å²) in [6.07, 6.45) is 1.63. The highest BCUT2D eigenvalue weighted by Crippen LogP contribution is 2.22. The molecule has 2 amide bonds. The predicted molar refractivity (Wildman–Crippen MR) is 86.2 cm³/mol. The van der Waals surface area contributed by atoms with E-state index >= 15 is 0 Å². The summed E-state index contributed by atoms with van der Waals surface area (Å²) in [5.41, 5.74) is 0. The summed E-state index contributed by atoms with van der Waals surface area (Å²) in [7, 11) is 3.87. The van der Waals surface area contributed by atoms with Gasteiger partial charge in [-0.25, -0.2) is 4.79 Å². The lowest BCUT2D eigenvalue weighted by Crippen LogP contribution is -2.36. The van der Waals surface area contributed by atoms with Crippen LogP contribution in [0.5, 0.6) is 0 Å². The van der Waals surface area contributed by atoms with E-state index in [1.807, 2.05) is 45.0 Å². The fraction of sp³-hybridized carbons (Fsp3) is 0.500. The van der Waals surface area contributed by atoms with Crippen LogP contribution in [0.15, 0.2) is 22.8 Å². The highest BCUT2D eigenvalue weighted by molar-refractivity contribution is 7.15. The van der Waals surface area contributed by atoms with Crippen LogP contribution in [0, 0.1) is 0 Å². The lowest BCUT2D eigenvalue weighted by atomic mass is 10.2. The van der Waals surface area contributed by atoms with Gasteiger partial charge in [-0.2, -0.15) is 0 Å². The molecule has 0 saturated heterocycles. The molecule has 0 bridgehead atoms. The Morgan fingerprint density at radius 3 is 2.73 bits per heavy atom. The minimum Gasteiger partial charge on any atom is -0.468 e. The Kier molecular flexibility index (Phi) is 5.51. The molecule has 8 heteroatoms. The second kappa shape index (κ2) is 7.37. The summed E-state index contributed by atoms with van der Waals surface area (Å²) in [6, 6.07) is 3.40. The van der Waals surface area contributed by atoms with Gasteiger partial charge in [-0.15, -0.1) is 10.2 Å². The van der Waals surface area contributed by atoms with Gasteiger partial charge in [-0.1, -0.05) is 25.2 Å². The van der Waals surface area contributed by atoms with Crippen molar-refractivity contribution < 1.29 is 9.21 Å². The van der Waals surface area contributed by atoms with E-state index in [9.17, 15) is 4.79 Å². The van der Waals surface area contributed by atoms with E-state index < -0.39 is 0 Å². The van der Waals surface area contributed by atoms with Gasteiger partial charge in [0.1, 0.15) is 10.8 Å². The molecule has 2 aromatic heterocycles. The Morgan fingerprint density at radius 1 is 1.41 bits per heavy atom. The Balaban J connectivity index is 1.88. The van der Waals surface area contributed by atoms with Crippen molar-refractivity contribution >= 4 is 22.5 Å².